The van der Waals surface area contributed by atoms with E-state index in [4.69, 9.17) is 14.2 Å². The Morgan fingerprint density at radius 2 is 2.10 bits per heavy atom. The summed E-state index contributed by atoms with van der Waals surface area (Å²) in [4.78, 5) is 0. The molecular weight excluding hydrogens is 263 g/mol. The van der Waals surface area contributed by atoms with Gasteiger partial charge >= 0.3 is 0 Å². The van der Waals surface area contributed by atoms with E-state index in [1.807, 2.05) is 6.92 Å². The van der Waals surface area contributed by atoms with Crippen LogP contribution >= 0.6 is 0 Å². The first-order chi connectivity index (χ1) is 9.63. The summed E-state index contributed by atoms with van der Waals surface area (Å²) in [7, 11) is 1.50. The second kappa shape index (κ2) is 6.52. The average Bonchev–Trinajstić information content (AvgIpc) is 2.47. The van der Waals surface area contributed by atoms with Gasteiger partial charge in [-0.25, -0.2) is 4.39 Å². The van der Waals surface area contributed by atoms with Crippen molar-refractivity contribution in [1.29, 1.82) is 0 Å². The number of aliphatic hydroxyl groups excluding tert-OH is 1. The molecule has 5 heteroatoms. The maximum Gasteiger partial charge on any atom is 0.124 e. The summed E-state index contributed by atoms with van der Waals surface area (Å²) in [5, 5.41) is 10.7. The molecule has 1 N–H and O–H groups in total. The molecule has 20 heavy (non-hydrogen) atoms. The second-order valence-electron chi connectivity index (χ2n) is 4.90. The van der Waals surface area contributed by atoms with Crippen molar-refractivity contribution < 1.29 is 23.7 Å². The van der Waals surface area contributed by atoms with Crippen LogP contribution in [0.2, 0.25) is 0 Å². The van der Waals surface area contributed by atoms with Crippen LogP contribution in [0.3, 0.4) is 0 Å². The number of benzene rings is 1. The predicted octanol–water partition coefficient (Wildman–Crippen LogP) is 2.45. The minimum absolute atomic E-state index is 0.404. The summed E-state index contributed by atoms with van der Waals surface area (Å²) in [6.45, 7) is 3.41. The molecule has 112 valence electrons. The van der Waals surface area contributed by atoms with E-state index in [-0.39, 0.29) is 0 Å². The summed E-state index contributed by atoms with van der Waals surface area (Å²) in [6, 6.07) is 4.14. The highest BCUT2D eigenvalue weighted by Crippen LogP contribution is 2.41. The highest BCUT2D eigenvalue weighted by atomic mass is 19.1. The summed E-state index contributed by atoms with van der Waals surface area (Å²) in [6.07, 6.45) is 0.195. The lowest BCUT2D eigenvalue weighted by Gasteiger charge is -2.41. The molecule has 1 fully saturated rings. The van der Waals surface area contributed by atoms with E-state index >= 15 is 0 Å². The Balaban J connectivity index is 2.36. The first kappa shape index (κ1) is 15.2. The van der Waals surface area contributed by atoms with Gasteiger partial charge in [0.05, 0.1) is 7.11 Å². The molecule has 0 radical (unpaired) electrons. The molecule has 1 unspecified atom stereocenters. The number of halogens is 1. The summed E-state index contributed by atoms with van der Waals surface area (Å²) in [5.74, 6) is 0.0584. The van der Waals surface area contributed by atoms with Crippen LogP contribution in [0.5, 0.6) is 5.75 Å². The Hall–Kier alpha value is -1.17. The van der Waals surface area contributed by atoms with Crippen molar-refractivity contribution in [3.63, 3.8) is 0 Å². The topological polar surface area (TPSA) is 47.9 Å². The third-order valence-electron chi connectivity index (χ3n) is 3.76. The van der Waals surface area contributed by atoms with E-state index in [9.17, 15) is 9.50 Å². The van der Waals surface area contributed by atoms with Gasteiger partial charge in [-0.1, -0.05) is 0 Å². The van der Waals surface area contributed by atoms with Crippen molar-refractivity contribution in [3.8, 4) is 5.75 Å². The number of aliphatic hydroxyl groups is 1. The summed E-state index contributed by atoms with van der Waals surface area (Å²) >= 11 is 0. The Kier molecular flexibility index (Phi) is 4.96. The normalized spacial score (nSPS) is 19.6. The molecule has 0 spiro atoms. The standard InChI is InChI=1S/C15H21FO4/c1-3-20-15(6-8-19-9-7-15)14(17)12-10-11(16)4-5-13(12)18-2/h4-5,10,14,17H,3,6-9H2,1-2H3. The van der Waals surface area contributed by atoms with Gasteiger partial charge in [0.25, 0.3) is 0 Å². The molecule has 1 atom stereocenters. The van der Waals surface area contributed by atoms with E-state index in [0.717, 1.165) is 0 Å². The van der Waals surface area contributed by atoms with Gasteiger partial charge in [0.15, 0.2) is 0 Å². The highest BCUT2D eigenvalue weighted by Gasteiger charge is 2.42. The fourth-order valence-corrected chi connectivity index (χ4v) is 2.70. The first-order valence-corrected chi connectivity index (χ1v) is 6.86. The van der Waals surface area contributed by atoms with Gasteiger partial charge in [-0.15, -0.1) is 0 Å². The maximum atomic E-state index is 13.5. The van der Waals surface area contributed by atoms with E-state index in [2.05, 4.69) is 0 Å². The van der Waals surface area contributed by atoms with E-state index in [1.165, 1.54) is 25.3 Å². The predicted molar refractivity (Wildman–Crippen MR) is 72.3 cm³/mol. The van der Waals surface area contributed by atoms with E-state index in [1.54, 1.807) is 0 Å². The van der Waals surface area contributed by atoms with Gasteiger partial charge < -0.3 is 19.3 Å². The molecule has 0 saturated carbocycles. The Bertz CT molecular complexity index is 438. The zero-order valence-corrected chi connectivity index (χ0v) is 11.9. The molecule has 1 aromatic carbocycles. The number of methoxy groups -OCH3 is 1. The van der Waals surface area contributed by atoms with Crippen LogP contribution in [0.1, 0.15) is 31.4 Å². The van der Waals surface area contributed by atoms with Crippen LogP contribution in [0, 0.1) is 5.82 Å². The largest absolute Gasteiger partial charge is 0.496 e. The SMILES string of the molecule is CCOC1(C(O)c2cc(F)ccc2OC)CCOCC1. The molecule has 1 saturated heterocycles. The quantitative estimate of drug-likeness (QED) is 0.902. The molecular formula is C15H21FO4. The molecule has 1 aliphatic heterocycles. The number of rotatable bonds is 5. The minimum atomic E-state index is -0.947. The van der Waals surface area contributed by atoms with Crippen molar-refractivity contribution in [2.24, 2.45) is 0 Å². The number of ether oxygens (including phenoxy) is 3. The zero-order valence-electron chi connectivity index (χ0n) is 11.9. The monoisotopic (exact) mass is 284 g/mol. The molecule has 4 nitrogen and oxygen atoms in total. The van der Waals surface area contributed by atoms with Gasteiger partial charge in [-0.3, -0.25) is 0 Å². The number of hydrogen-bond donors (Lipinski definition) is 1. The molecule has 0 amide bonds. The lowest BCUT2D eigenvalue weighted by atomic mass is 9.83. The fraction of sp³-hybridized carbons (Fsp3) is 0.600. The minimum Gasteiger partial charge on any atom is -0.496 e. The molecule has 0 bridgehead atoms. The van der Waals surface area contributed by atoms with E-state index < -0.39 is 17.5 Å². The van der Waals surface area contributed by atoms with Crippen LogP contribution in [-0.4, -0.2) is 37.6 Å². The van der Waals surface area contributed by atoms with Crippen molar-refractivity contribution in [3.05, 3.63) is 29.6 Å². The van der Waals surface area contributed by atoms with Gasteiger partial charge in [0.1, 0.15) is 23.3 Å². The first-order valence-electron chi connectivity index (χ1n) is 6.86. The fourth-order valence-electron chi connectivity index (χ4n) is 2.70. The number of hydrogen-bond acceptors (Lipinski definition) is 4. The van der Waals surface area contributed by atoms with E-state index in [0.29, 0.717) is 44.0 Å². The Morgan fingerprint density at radius 1 is 1.40 bits per heavy atom. The van der Waals surface area contributed by atoms with Crippen LogP contribution < -0.4 is 4.74 Å². The molecule has 1 heterocycles. The van der Waals surface area contributed by atoms with Crippen LogP contribution in [-0.2, 0) is 9.47 Å². The third kappa shape index (κ3) is 2.95. The summed E-state index contributed by atoms with van der Waals surface area (Å²) in [5.41, 5.74) is -0.323. The molecule has 0 aromatic heterocycles. The van der Waals surface area contributed by atoms with Crippen molar-refractivity contribution in [2.75, 3.05) is 26.9 Å². The molecule has 0 aliphatic carbocycles. The molecule has 1 aliphatic rings. The maximum absolute atomic E-state index is 13.5. The average molecular weight is 284 g/mol. The second-order valence-corrected chi connectivity index (χ2v) is 4.90. The molecule has 2 rings (SSSR count). The van der Waals surface area contributed by atoms with Crippen molar-refractivity contribution in [1.82, 2.24) is 0 Å². The Labute approximate surface area is 118 Å². The van der Waals surface area contributed by atoms with Gasteiger partial charge in [-0.05, 0) is 25.1 Å². The highest BCUT2D eigenvalue weighted by molar-refractivity contribution is 5.37. The third-order valence-corrected chi connectivity index (χ3v) is 3.76. The lowest BCUT2D eigenvalue weighted by molar-refractivity contribution is -0.168. The van der Waals surface area contributed by atoms with Gasteiger partial charge in [0.2, 0.25) is 0 Å². The summed E-state index contributed by atoms with van der Waals surface area (Å²) < 4.78 is 29.9. The van der Waals surface area contributed by atoms with Crippen molar-refractivity contribution in [2.45, 2.75) is 31.5 Å². The molecule has 1 aromatic rings. The van der Waals surface area contributed by atoms with Crippen LogP contribution in [0.4, 0.5) is 4.39 Å². The van der Waals surface area contributed by atoms with Crippen molar-refractivity contribution >= 4 is 0 Å². The smallest absolute Gasteiger partial charge is 0.124 e. The lowest BCUT2D eigenvalue weighted by Crippen LogP contribution is -2.44. The van der Waals surface area contributed by atoms with Gasteiger partial charge in [-0.2, -0.15) is 0 Å². The van der Waals surface area contributed by atoms with Crippen LogP contribution in [0.25, 0.3) is 0 Å². The van der Waals surface area contributed by atoms with Crippen LogP contribution in [0.15, 0.2) is 18.2 Å². The van der Waals surface area contributed by atoms with Gasteiger partial charge in [0, 0.05) is 38.2 Å². The Morgan fingerprint density at radius 3 is 2.70 bits per heavy atom. The zero-order chi connectivity index (χ0) is 14.6.